The number of phosphoric acid groups is 1. The molecule has 0 aliphatic heterocycles. The molecule has 4 rings (SSSR count). The summed E-state index contributed by atoms with van der Waals surface area (Å²) in [6.07, 6.45) is 4.94. The molecule has 172 valence electrons. The van der Waals surface area contributed by atoms with Crippen LogP contribution < -0.4 is 10.3 Å². The van der Waals surface area contributed by atoms with E-state index in [1.165, 1.54) is 10.1 Å². The number of benzene rings is 1. The number of aryl methyl sites for hydroxylation is 1. The molecule has 3 N–H and O–H groups in total. The molecular formula is C22H25N5O5P+. The number of aromatic nitrogens is 4. The highest BCUT2D eigenvalue weighted by atomic mass is 31.2. The third kappa shape index (κ3) is 5.74. The van der Waals surface area contributed by atoms with Gasteiger partial charge in [0.15, 0.2) is 5.76 Å². The summed E-state index contributed by atoms with van der Waals surface area (Å²) in [7, 11) is -1.12. The lowest BCUT2D eigenvalue weighted by Gasteiger charge is -2.09. The first kappa shape index (κ1) is 22.9. The molecule has 3 aromatic heterocycles. The summed E-state index contributed by atoms with van der Waals surface area (Å²) in [5.74, 6) is 0.790. The van der Waals surface area contributed by atoms with E-state index >= 15 is 0 Å². The van der Waals surface area contributed by atoms with Gasteiger partial charge in [-0.2, -0.15) is 5.10 Å². The molecule has 1 unspecified atom stereocenters. The fourth-order valence-corrected chi connectivity index (χ4v) is 3.72. The van der Waals surface area contributed by atoms with Crippen LogP contribution in [-0.2, 0) is 40.2 Å². The van der Waals surface area contributed by atoms with Gasteiger partial charge in [-0.3, -0.25) is 14.9 Å². The summed E-state index contributed by atoms with van der Waals surface area (Å²) < 4.78 is 29.6. The highest BCUT2D eigenvalue weighted by molar-refractivity contribution is 7.47. The van der Waals surface area contributed by atoms with Crippen molar-refractivity contribution in [2.45, 2.75) is 19.6 Å². The Morgan fingerprint density at radius 3 is 2.48 bits per heavy atom. The number of nitrogens with zero attached hydrogens (tertiary/aromatic N) is 4. The Kier molecular flexibility index (Phi) is 6.71. The average molecular weight is 470 g/mol. The second kappa shape index (κ2) is 9.68. The van der Waals surface area contributed by atoms with Gasteiger partial charge in [0.1, 0.15) is 5.56 Å². The van der Waals surface area contributed by atoms with E-state index in [0.29, 0.717) is 23.6 Å². The molecule has 0 fully saturated rings. The predicted molar refractivity (Wildman–Crippen MR) is 120 cm³/mol. The number of hydrogen-bond donors (Lipinski definition) is 2. The minimum atomic E-state index is -4.12. The molecule has 1 atom stereocenters. The number of hydrogen-bond acceptors (Lipinski definition) is 7. The molecular weight excluding hydrogens is 445 g/mol. The summed E-state index contributed by atoms with van der Waals surface area (Å²) in [5, 5.41) is 8.57. The van der Waals surface area contributed by atoms with Crippen molar-refractivity contribution < 1.29 is 27.6 Å². The van der Waals surface area contributed by atoms with Crippen LogP contribution in [0.2, 0.25) is 0 Å². The van der Waals surface area contributed by atoms with E-state index in [1.54, 1.807) is 23.0 Å². The van der Waals surface area contributed by atoms with Crippen molar-refractivity contribution in [1.82, 2.24) is 14.9 Å². The van der Waals surface area contributed by atoms with Crippen LogP contribution in [0.15, 0.2) is 65.4 Å². The van der Waals surface area contributed by atoms with Crippen LogP contribution in [-0.4, -0.2) is 26.9 Å². The zero-order valence-corrected chi connectivity index (χ0v) is 19.2. The normalized spacial score (nSPS) is 13.2. The number of phosphoric ester groups is 1. The minimum Gasteiger partial charge on any atom is -0.356 e. The maximum absolute atomic E-state index is 11.5. The van der Waals surface area contributed by atoms with Crippen molar-refractivity contribution >= 4 is 13.6 Å². The van der Waals surface area contributed by atoms with Crippen molar-refractivity contribution in [2.24, 2.45) is 7.05 Å². The van der Waals surface area contributed by atoms with Gasteiger partial charge in [0.05, 0.1) is 17.6 Å². The van der Waals surface area contributed by atoms with Gasteiger partial charge >= 0.3 is 7.82 Å². The molecule has 0 saturated heterocycles. The minimum absolute atomic E-state index is 0.257. The van der Waals surface area contributed by atoms with Gasteiger partial charge in [-0.15, -0.1) is 0 Å². The van der Waals surface area contributed by atoms with Gasteiger partial charge < -0.3 is 9.42 Å². The van der Waals surface area contributed by atoms with Crippen molar-refractivity contribution in [3.05, 3.63) is 83.4 Å². The number of anilines is 1. The second-order valence-corrected chi connectivity index (χ2v) is 9.08. The fraction of sp³-hybridized carbons (Fsp3) is 0.227. The Bertz CT molecular complexity index is 1280. The lowest BCUT2D eigenvalue weighted by molar-refractivity contribution is -0.711. The van der Waals surface area contributed by atoms with Crippen LogP contribution >= 0.6 is 7.82 Å². The average Bonchev–Trinajstić information content (AvgIpc) is 3.43. The molecule has 0 spiro atoms. The van der Waals surface area contributed by atoms with E-state index < -0.39 is 7.82 Å². The van der Waals surface area contributed by atoms with Crippen molar-refractivity contribution in [1.29, 1.82) is 0 Å². The lowest BCUT2D eigenvalue weighted by Crippen LogP contribution is -2.38. The highest BCUT2D eigenvalue weighted by Crippen LogP contribution is 2.41. The molecule has 0 aliphatic rings. The molecule has 0 saturated carbocycles. The van der Waals surface area contributed by atoms with Crippen LogP contribution in [0.1, 0.15) is 22.5 Å². The number of nitrogens with two attached hydrogens (primary N) is 1. The van der Waals surface area contributed by atoms with Gasteiger partial charge in [-0.05, 0) is 29.3 Å². The summed E-state index contributed by atoms with van der Waals surface area (Å²) >= 11 is 0. The van der Waals surface area contributed by atoms with Crippen LogP contribution in [0.4, 0.5) is 5.82 Å². The lowest BCUT2D eigenvalue weighted by atomic mass is 10.0. The van der Waals surface area contributed by atoms with Crippen molar-refractivity contribution in [3.63, 3.8) is 0 Å². The molecule has 10 nitrogen and oxygen atoms in total. The van der Waals surface area contributed by atoms with Crippen molar-refractivity contribution in [2.75, 3.05) is 12.8 Å². The third-order valence-electron chi connectivity index (χ3n) is 5.09. The molecule has 3 heterocycles. The third-order valence-corrected chi connectivity index (χ3v) is 5.99. The first-order valence-electron chi connectivity index (χ1n) is 10.2. The smallest absolute Gasteiger partial charge is 0.356 e. The van der Waals surface area contributed by atoms with Gasteiger partial charge in [0.25, 0.3) is 5.82 Å². The van der Waals surface area contributed by atoms with E-state index in [4.69, 9.17) is 14.8 Å². The largest absolute Gasteiger partial charge is 0.475 e. The standard InChI is InChI=1S/C22H24N5O5P/c1-26-11-9-18(24-26)12-16-5-7-17(8-6-16)13-19-14-21(32-25-19)20-4-3-10-27(22(20)23)15-31-33(28,29)30-2/h3-11,14,23H,12-13,15H2,1-2H3,(H,28,29)/p+1. The Labute approximate surface area is 190 Å². The van der Waals surface area contributed by atoms with Gasteiger partial charge in [-0.1, -0.05) is 29.4 Å². The Hall–Kier alpha value is -3.30. The first-order chi connectivity index (χ1) is 15.8. The number of pyridine rings is 1. The molecule has 33 heavy (non-hydrogen) atoms. The summed E-state index contributed by atoms with van der Waals surface area (Å²) in [6.45, 7) is -0.257. The molecule has 0 radical (unpaired) electrons. The fourth-order valence-electron chi connectivity index (χ4n) is 3.35. The zero-order valence-electron chi connectivity index (χ0n) is 18.3. The zero-order chi connectivity index (χ0) is 23.4. The SMILES string of the molecule is COP(=O)(O)OC[n+]1cccc(-c2cc(Cc3ccc(Cc4ccn(C)n4)cc3)no2)c1N. The first-order valence-corrected chi connectivity index (χ1v) is 11.7. The maximum Gasteiger partial charge on any atom is 0.475 e. The van der Waals surface area contributed by atoms with E-state index in [2.05, 4.69) is 39.0 Å². The van der Waals surface area contributed by atoms with Crippen molar-refractivity contribution in [3.8, 4) is 11.3 Å². The highest BCUT2D eigenvalue weighted by Gasteiger charge is 2.22. The van der Waals surface area contributed by atoms with E-state index in [1.807, 2.05) is 25.4 Å². The van der Waals surface area contributed by atoms with Gasteiger partial charge in [0.2, 0.25) is 6.73 Å². The van der Waals surface area contributed by atoms with E-state index in [0.717, 1.165) is 30.5 Å². The monoisotopic (exact) mass is 470 g/mol. The van der Waals surface area contributed by atoms with E-state index in [9.17, 15) is 9.46 Å². The molecule has 1 aromatic carbocycles. The Morgan fingerprint density at radius 2 is 1.85 bits per heavy atom. The topological polar surface area (TPSA) is 130 Å². The summed E-state index contributed by atoms with van der Waals surface area (Å²) in [6, 6.07) is 15.6. The Morgan fingerprint density at radius 1 is 1.15 bits per heavy atom. The Balaban J connectivity index is 1.44. The van der Waals surface area contributed by atoms with Crippen LogP contribution in [0.3, 0.4) is 0 Å². The van der Waals surface area contributed by atoms with Crippen LogP contribution in [0, 0.1) is 0 Å². The quantitative estimate of drug-likeness (QED) is 0.282. The van der Waals surface area contributed by atoms with Gasteiger partial charge in [-0.25, -0.2) is 13.7 Å². The van der Waals surface area contributed by atoms with Crippen LogP contribution in [0.25, 0.3) is 11.3 Å². The molecule has 0 amide bonds. The van der Waals surface area contributed by atoms with E-state index in [-0.39, 0.29) is 6.73 Å². The summed E-state index contributed by atoms with van der Waals surface area (Å²) in [5.41, 5.74) is 10.9. The number of nitrogen functional groups attached to an aromatic ring is 1. The molecule has 4 aromatic rings. The molecule has 0 bridgehead atoms. The van der Waals surface area contributed by atoms with Crippen LogP contribution in [0.5, 0.6) is 0 Å². The number of rotatable bonds is 9. The predicted octanol–water partition coefficient (Wildman–Crippen LogP) is 2.85. The molecule has 0 aliphatic carbocycles. The summed E-state index contributed by atoms with van der Waals surface area (Å²) in [4.78, 5) is 9.42. The maximum atomic E-state index is 11.5. The second-order valence-electron chi connectivity index (χ2n) is 7.52. The molecule has 11 heteroatoms. The van der Waals surface area contributed by atoms with Gasteiger partial charge in [0, 0.05) is 39.3 Å².